The van der Waals surface area contributed by atoms with Gasteiger partial charge in [-0.2, -0.15) is 0 Å². The molecule has 2 heteroatoms. The van der Waals surface area contributed by atoms with Gasteiger partial charge in [-0.3, -0.25) is 0 Å². The lowest BCUT2D eigenvalue weighted by atomic mass is 10.1. The van der Waals surface area contributed by atoms with Crippen LogP contribution in [-0.2, 0) is 13.0 Å². The molecule has 2 nitrogen and oxygen atoms in total. The Bertz CT molecular complexity index is 505. The van der Waals surface area contributed by atoms with Gasteiger partial charge in [0.1, 0.15) is 5.75 Å². The molecule has 0 radical (unpaired) electrons. The number of anilines is 1. The molecule has 2 aromatic carbocycles. The van der Waals surface area contributed by atoms with E-state index < -0.39 is 0 Å². The summed E-state index contributed by atoms with van der Waals surface area (Å²) in [6.45, 7) is 5.67. The summed E-state index contributed by atoms with van der Waals surface area (Å²) in [5.41, 5.74) is 3.70. The third-order valence-electron chi connectivity index (χ3n) is 3.10. The summed E-state index contributed by atoms with van der Waals surface area (Å²) in [4.78, 5) is 0. The molecule has 100 valence electrons. The van der Waals surface area contributed by atoms with Crippen LogP contribution in [0.4, 0.5) is 5.69 Å². The van der Waals surface area contributed by atoms with E-state index in [2.05, 4.69) is 36.5 Å². The van der Waals surface area contributed by atoms with Gasteiger partial charge in [0.05, 0.1) is 12.3 Å². The van der Waals surface area contributed by atoms with Crippen LogP contribution in [0, 0.1) is 0 Å². The SMILES string of the molecule is CCOc1ccccc1NCc1ccc(CC)cc1. The molecule has 2 aromatic rings. The molecule has 0 saturated carbocycles. The van der Waals surface area contributed by atoms with Gasteiger partial charge in [-0.25, -0.2) is 0 Å². The van der Waals surface area contributed by atoms with Crippen LogP contribution < -0.4 is 10.1 Å². The topological polar surface area (TPSA) is 21.3 Å². The lowest BCUT2D eigenvalue weighted by Gasteiger charge is -2.12. The number of para-hydroxylation sites is 2. The van der Waals surface area contributed by atoms with Gasteiger partial charge in [0, 0.05) is 6.54 Å². The average Bonchev–Trinajstić information content (AvgIpc) is 2.47. The molecule has 0 aliphatic rings. The molecule has 0 fully saturated rings. The summed E-state index contributed by atoms with van der Waals surface area (Å²) in [5, 5.41) is 3.43. The first-order chi connectivity index (χ1) is 9.33. The number of hydrogen-bond acceptors (Lipinski definition) is 2. The number of aryl methyl sites for hydroxylation is 1. The zero-order valence-corrected chi connectivity index (χ0v) is 11.6. The van der Waals surface area contributed by atoms with Crippen molar-refractivity contribution in [3.05, 3.63) is 59.7 Å². The van der Waals surface area contributed by atoms with Crippen molar-refractivity contribution in [1.82, 2.24) is 0 Å². The fourth-order valence-corrected chi connectivity index (χ4v) is 1.98. The molecular weight excluding hydrogens is 234 g/mol. The van der Waals surface area contributed by atoms with Crippen molar-refractivity contribution in [2.45, 2.75) is 26.8 Å². The molecule has 0 amide bonds. The molecule has 0 atom stereocenters. The van der Waals surface area contributed by atoms with Gasteiger partial charge in [-0.1, -0.05) is 43.3 Å². The Hall–Kier alpha value is -1.96. The monoisotopic (exact) mass is 255 g/mol. The van der Waals surface area contributed by atoms with Crippen molar-refractivity contribution < 1.29 is 4.74 Å². The smallest absolute Gasteiger partial charge is 0.142 e. The molecule has 0 spiro atoms. The lowest BCUT2D eigenvalue weighted by molar-refractivity contribution is 0.341. The van der Waals surface area contributed by atoms with Gasteiger partial charge in [-0.15, -0.1) is 0 Å². The highest BCUT2D eigenvalue weighted by molar-refractivity contribution is 5.56. The lowest BCUT2D eigenvalue weighted by Crippen LogP contribution is -2.02. The van der Waals surface area contributed by atoms with Crippen LogP contribution in [-0.4, -0.2) is 6.61 Å². The van der Waals surface area contributed by atoms with Gasteiger partial charge >= 0.3 is 0 Å². The Balaban J connectivity index is 2.01. The third kappa shape index (κ3) is 3.75. The van der Waals surface area contributed by atoms with E-state index in [4.69, 9.17) is 4.74 Å². The Morgan fingerprint density at radius 3 is 2.26 bits per heavy atom. The van der Waals surface area contributed by atoms with E-state index in [0.29, 0.717) is 6.61 Å². The van der Waals surface area contributed by atoms with E-state index in [1.165, 1.54) is 11.1 Å². The largest absolute Gasteiger partial charge is 0.492 e. The minimum Gasteiger partial charge on any atom is -0.492 e. The van der Waals surface area contributed by atoms with E-state index in [0.717, 1.165) is 24.4 Å². The summed E-state index contributed by atoms with van der Waals surface area (Å²) >= 11 is 0. The maximum absolute atomic E-state index is 5.60. The van der Waals surface area contributed by atoms with Gasteiger partial charge in [0.25, 0.3) is 0 Å². The van der Waals surface area contributed by atoms with Crippen LogP contribution in [0.15, 0.2) is 48.5 Å². The first-order valence-electron chi connectivity index (χ1n) is 6.87. The highest BCUT2D eigenvalue weighted by atomic mass is 16.5. The Kier molecular flexibility index (Phi) is 4.85. The van der Waals surface area contributed by atoms with Crippen molar-refractivity contribution in [1.29, 1.82) is 0 Å². The Labute approximate surface area is 115 Å². The number of nitrogens with one attached hydrogen (secondary N) is 1. The molecule has 0 unspecified atom stereocenters. The second kappa shape index (κ2) is 6.83. The van der Waals surface area contributed by atoms with Crippen LogP contribution in [0.2, 0.25) is 0 Å². The molecule has 1 N–H and O–H groups in total. The predicted octanol–water partition coefficient (Wildman–Crippen LogP) is 4.26. The number of ether oxygens (including phenoxy) is 1. The molecular formula is C17H21NO. The molecule has 2 rings (SSSR count). The Morgan fingerprint density at radius 1 is 0.895 bits per heavy atom. The summed E-state index contributed by atoms with van der Waals surface area (Å²) in [7, 11) is 0. The van der Waals surface area contributed by atoms with Crippen LogP contribution in [0.3, 0.4) is 0 Å². The minimum atomic E-state index is 0.684. The average molecular weight is 255 g/mol. The number of hydrogen-bond donors (Lipinski definition) is 1. The van der Waals surface area contributed by atoms with Crippen LogP contribution >= 0.6 is 0 Å². The van der Waals surface area contributed by atoms with Gasteiger partial charge in [-0.05, 0) is 36.6 Å². The highest BCUT2D eigenvalue weighted by Gasteiger charge is 2.01. The van der Waals surface area contributed by atoms with Crippen molar-refractivity contribution in [2.24, 2.45) is 0 Å². The van der Waals surface area contributed by atoms with Crippen LogP contribution in [0.1, 0.15) is 25.0 Å². The van der Waals surface area contributed by atoms with Crippen LogP contribution in [0.25, 0.3) is 0 Å². The zero-order valence-electron chi connectivity index (χ0n) is 11.6. The standard InChI is InChI=1S/C17H21NO/c1-3-14-9-11-15(12-10-14)13-18-16-7-5-6-8-17(16)19-4-2/h5-12,18H,3-4,13H2,1-2H3. The van der Waals surface area contributed by atoms with Crippen LogP contribution in [0.5, 0.6) is 5.75 Å². The normalized spacial score (nSPS) is 10.2. The quantitative estimate of drug-likeness (QED) is 0.832. The first kappa shape index (κ1) is 13.5. The first-order valence-corrected chi connectivity index (χ1v) is 6.87. The van der Waals surface area contributed by atoms with Gasteiger partial charge < -0.3 is 10.1 Å². The molecule has 0 aliphatic heterocycles. The summed E-state index contributed by atoms with van der Waals surface area (Å²) in [6.07, 6.45) is 1.08. The van der Waals surface area contributed by atoms with Crippen molar-refractivity contribution in [3.8, 4) is 5.75 Å². The number of rotatable bonds is 6. The molecule has 19 heavy (non-hydrogen) atoms. The fraction of sp³-hybridized carbons (Fsp3) is 0.294. The Morgan fingerprint density at radius 2 is 1.58 bits per heavy atom. The maximum Gasteiger partial charge on any atom is 0.142 e. The van der Waals surface area contributed by atoms with E-state index in [-0.39, 0.29) is 0 Å². The fourth-order valence-electron chi connectivity index (χ4n) is 1.98. The zero-order chi connectivity index (χ0) is 13.5. The van der Waals surface area contributed by atoms with Gasteiger partial charge in [0.2, 0.25) is 0 Å². The molecule has 0 saturated heterocycles. The van der Waals surface area contributed by atoms with E-state index in [1.807, 2.05) is 31.2 Å². The molecule has 0 aliphatic carbocycles. The van der Waals surface area contributed by atoms with Crippen molar-refractivity contribution in [3.63, 3.8) is 0 Å². The summed E-state index contributed by atoms with van der Waals surface area (Å²) in [6, 6.07) is 16.8. The second-order valence-electron chi connectivity index (χ2n) is 4.45. The van der Waals surface area contributed by atoms with E-state index in [1.54, 1.807) is 0 Å². The predicted molar refractivity (Wildman–Crippen MR) is 80.8 cm³/mol. The molecule has 0 heterocycles. The number of benzene rings is 2. The van der Waals surface area contributed by atoms with Gasteiger partial charge in [0.15, 0.2) is 0 Å². The molecule has 0 aromatic heterocycles. The van der Waals surface area contributed by atoms with Crippen molar-refractivity contribution >= 4 is 5.69 Å². The van der Waals surface area contributed by atoms with E-state index in [9.17, 15) is 0 Å². The third-order valence-corrected chi connectivity index (χ3v) is 3.10. The maximum atomic E-state index is 5.60. The second-order valence-corrected chi connectivity index (χ2v) is 4.45. The highest BCUT2D eigenvalue weighted by Crippen LogP contribution is 2.24. The summed E-state index contributed by atoms with van der Waals surface area (Å²) < 4.78 is 5.60. The molecule has 0 bridgehead atoms. The minimum absolute atomic E-state index is 0.684. The van der Waals surface area contributed by atoms with Crippen molar-refractivity contribution in [2.75, 3.05) is 11.9 Å². The summed E-state index contributed by atoms with van der Waals surface area (Å²) in [5.74, 6) is 0.912. The van der Waals surface area contributed by atoms with E-state index >= 15 is 0 Å².